The molecular formula is C10H14N4O3. The van der Waals surface area contributed by atoms with Gasteiger partial charge in [-0.1, -0.05) is 0 Å². The summed E-state index contributed by atoms with van der Waals surface area (Å²) in [6.07, 6.45) is 0.264. The van der Waals surface area contributed by atoms with Crippen LogP contribution in [0.3, 0.4) is 0 Å². The number of nitriles is 1. The van der Waals surface area contributed by atoms with Crippen molar-refractivity contribution in [1.29, 1.82) is 5.26 Å². The molecule has 7 heteroatoms. The molecule has 1 heterocycles. The lowest BCUT2D eigenvalue weighted by atomic mass is 10.5. The van der Waals surface area contributed by atoms with E-state index in [0.29, 0.717) is 13.2 Å². The number of nitrogens with zero attached hydrogens (tertiary/aromatic N) is 4. The summed E-state index contributed by atoms with van der Waals surface area (Å²) in [5, 5.41) is 8.39. The average molecular weight is 238 g/mol. The van der Waals surface area contributed by atoms with Gasteiger partial charge >= 0.3 is 18.0 Å². The molecular weight excluding hydrogens is 224 g/mol. The lowest BCUT2D eigenvalue weighted by molar-refractivity contribution is 0.247. The highest BCUT2D eigenvalue weighted by Gasteiger charge is 2.08. The molecule has 1 aromatic heterocycles. The summed E-state index contributed by atoms with van der Waals surface area (Å²) in [5.74, 6) is 0. The molecule has 1 rings (SSSR count). The Hall–Kier alpha value is -2.10. The van der Waals surface area contributed by atoms with Crippen LogP contribution in [0, 0.1) is 11.3 Å². The van der Waals surface area contributed by atoms with Crippen LogP contribution in [0.15, 0.2) is 0 Å². The maximum Gasteiger partial charge on any atom is 0.325 e. The molecule has 0 fully saturated rings. The molecule has 1 aromatic rings. The van der Waals surface area contributed by atoms with E-state index in [-0.39, 0.29) is 31.1 Å². The van der Waals surface area contributed by atoms with Gasteiger partial charge in [-0.2, -0.15) is 5.26 Å². The Labute approximate surface area is 99.4 Å². The second-order valence-corrected chi connectivity index (χ2v) is 2.81. The van der Waals surface area contributed by atoms with E-state index in [4.69, 9.17) is 19.5 Å². The number of aromatic nitrogens is 3. The summed E-state index contributed by atoms with van der Waals surface area (Å²) >= 11 is 0. The lowest BCUT2D eigenvalue weighted by Gasteiger charge is -2.07. The molecule has 92 valence electrons. The van der Waals surface area contributed by atoms with Crippen molar-refractivity contribution in [1.82, 2.24) is 15.0 Å². The molecule has 0 N–H and O–H groups in total. The minimum atomic E-state index is 0.0992. The third kappa shape index (κ3) is 4.51. The Morgan fingerprint density at radius 1 is 0.941 bits per heavy atom. The van der Waals surface area contributed by atoms with E-state index >= 15 is 0 Å². The highest BCUT2D eigenvalue weighted by molar-refractivity contribution is 5.08. The van der Waals surface area contributed by atoms with Crippen molar-refractivity contribution < 1.29 is 14.2 Å². The predicted octanol–water partition coefficient (Wildman–Crippen LogP) is 0.961. The van der Waals surface area contributed by atoms with Gasteiger partial charge in [0.05, 0.1) is 25.7 Å². The first-order valence-electron chi connectivity index (χ1n) is 5.31. The third-order valence-electron chi connectivity index (χ3n) is 1.57. The zero-order valence-electron chi connectivity index (χ0n) is 9.84. The van der Waals surface area contributed by atoms with Gasteiger partial charge in [0.25, 0.3) is 0 Å². The lowest BCUT2D eigenvalue weighted by Crippen LogP contribution is -2.07. The zero-order chi connectivity index (χ0) is 12.5. The van der Waals surface area contributed by atoms with Crippen molar-refractivity contribution in [2.45, 2.75) is 20.3 Å². The van der Waals surface area contributed by atoms with E-state index in [1.54, 1.807) is 0 Å². The fraction of sp³-hybridized carbons (Fsp3) is 0.600. The molecule has 0 aliphatic carbocycles. The Morgan fingerprint density at radius 2 is 1.41 bits per heavy atom. The van der Waals surface area contributed by atoms with Crippen molar-refractivity contribution in [3.05, 3.63) is 0 Å². The van der Waals surface area contributed by atoms with Gasteiger partial charge in [0, 0.05) is 0 Å². The van der Waals surface area contributed by atoms with Gasteiger partial charge in [0.15, 0.2) is 0 Å². The Bertz CT molecular complexity index is 367. The van der Waals surface area contributed by atoms with Crippen molar-refractivity contribution in [2.24, 2.45) is 0 Å². The molecule has 0 bridgehead atoms. The minimum absolute atomic E-state index is 0.0992. The highest BCUT2D eigenvalue weighted by atomic mass is 16.5. The van der Waals surface area contributed by atoms with Gasteiger partial charge in [-0.25, -0.2) is 0 Å². The maximum atomic E-state index is 8.39. The van der Waals surface area contributed by atoms with Crippen molar-refractivity contribution >= 4 is 0 Å². The molecule has 0 aromatic carbocycles. The van der Waals surface area contributed by atoms with Crippen molar-refractivity contribution in [3.63, 3.8) is 0 Å². The summed E-state index contributed by atoms with van der Waals surface area (Å²) in [7, 11) is 0. The van der Waals surface area contributed by atoms with Crippen LogP contribution in [0.1, 0.15) is 20.3 Å². The van der Waals surface area contributed by atoms with E-state index in [9.17, 15) is 0 Å². The molecule has 0 atom stereocenters. The van der Waals surface area contributed by atoms with E-state index in [2.05, 4.69) is 15.0 Å². The second kappa shape index (κ2) is 7.22. The van der Waals surface area contributed by atoms with Crippen LogP contribution in [0.2, 0.25) is 0 Å². The largest absolute Gasteiger partial charge is 0.464 e. The molecule has 0 amide bonds. The first kappa shape index (κ1) is 13.0. The monoisotopic (exact) mass is 238 g/mol. The quantitative estimate of drug-likeness (QED) is 0.653. The summed E-state index contributed by atoms with van der Waals surface area (Å²) in [4.78, 5) is 11.8. The van der Waals surface area contributed by atoms with E-state index in [0.717, 1.165) is 0 Å². The fourth-order valence-corrected chi connectivity index (χ4v) is 0.960. The zero-order valence-corrected chi connectivity index (χ0v) is 9.84. The Balaban J connectivity index is 2.76. The van der Waals surface area contributed by atoms with Gasteiger partial charge in [0.2, 0.25) is 0 Å². The third-order valence-corrected chi connectivity index (χ3v) is 1.57. The van der Waals surface area contributed by atoms with Gasteiger partial charge in [-0.3, -0.25) is 0 Å². The van der Waals surface area contributed by atoms with E-state index in [1.807, 2.05) is 19.9 Å². The Kier molecular flexibility index (Phi) is 5.51. The molecule has 0 spiro atoms. The molecule has 0 saturated heterocycles. The molecule has 0 aliphatic heterocycles. The van der Waals surface area contributed by atoms with Gasteiger partial charge < -0.3 is 14.2 Å². The number of rotatable bonds is 7. The number of hydrogen-bond acceptors (Lipinski definition) is 7. The minimum Gasteiger partial charge on any atom is -0.464 e. The van der Waals surface area contributed by atoms with E-state index < -0.39 is 0 Å². The number of ether oxygens (including phenoxy) is 3. The normalized spacial score (nSPS) is 9.47. The van der Waals surface area contributed by atoms with Crippen LogP contribution in [-0.2, 0) is 0 Å². The molecule has 17 heavy (non-hydrogen) atoms. The average Bonchev–Trinajstić information content (AvgIpc) is 2.30. The van der Waals surface area contributed by atoms with Crippen LogP contribution >= 0.6 is 0 Å². The van der Waals surface area contributed by atoms with Crippen molar-refractivity contribution in [2.75, 3.05) is 19.8 Å². The molecule has 0 unspecified atom stereocenters. The Morgan fingerprint density at radius 3 is 1.82 bits per heavy atom. The SMILES string of the molecule is CCOc1nc(OCC)nc(OCCC#N)n1. The summed E-state index contributed by atoms with van der Waals surface area (Å²) < 4.78 is 15.5. The fourth-order valence-electron chi connectivity index (χ4n) is 0.960. The highest BCUT2D eigenvalue weighted by Crippen LogP contribution is 2.14. The maximum absolute atomic E-state index is 8.39. The van der Waals surface area contributed by atoms with Gasteiger partial charge in [-0.15, -0.1) is 15.0 Å². The van der Waals surface area contributed by atoms with Crippen LogP contribution in [0.5, 0.6) is 18.0 Å². The second-order valence-electron chi connectivity index (χ2n) is 2.81. The van der Waals surface area contributed by atoms with Crippen LogP contribution in [-0.4, -0.2) is 34.8 Å². The molecule has 7 nitrogen and oxygen atoms in total. The van der Waals surface area contributed by atoms with Gasteiger partial charge in [0.1, 0.15) is 6.61 Å². The first-order valence-corrected chi connectivity index (χ1v) is 5.31. The smallest absolute Gasteiger partial charge is 0.325 e. The topological polar surface area (TPSA) is 90.1 Å². The van der Waals surface area contributed by atoms with Crippen LogP contribution in [0.25, 0.3) is 0 Å². The first-order chi connectivity index (χ1) is 8.30. The standard InChI is InChI=1S/C10H14N4O3/c1-3-15-8-12-9(16-4-2)14-10(13-8)17-7-5-6-11/h3-5,7H2,1-2H3. The van der Waals surface area contributed by atoms with Crippen LogP contribution in [0.4, 0.5) is 0 Å². The summed E-state index contributed by atoms with van der Waals surface area (Å²) in [6, 6.07) is 2.36. The van der Waals surface area contributed by atoms with Crippen LogP contribution < -0.4 is 14.2 Å². The van der Waals surface area contributed by atoms with E-state index in [1.165, 1.54) is 0 Å². The predicted molar refractivity (Wildman–Crippen MR) is 57.9 cm³/mol. The van der Waals surface area contributed by atoms with Crippen molar-refractivity contribution in [3.8, 4) is 24.1 Å². The molecule has 0 aliphatic rings. The molecule has 0 saturated carbocycles. The molecule has 0 radical (unpaired) electrons. The summed E-state index contributed by atoms with van der Waals surface area (Å²) in [5.41, 5.74) is 0. The number of hydrogen-bond donors (Lipinski definition) is 0. The van der Waals surface area contributed by atoms with Gasteiger partial charge in [-0.05, 0) is 13.8 Å². The summed E-state index contributed by atoms with van der Waals surface area (Å²) in [6.45, 7) is 4.73.